The van der Waals surface area contributed by atoms with Gasteiger partial charge in [-0.3, -0.25) is 0 Å². The first-order valence-electron chi connectivity index (χ1n) is 5.95. The molecule has 0 radical (unpaired) electrons. The summed E-state index contributed by atoms with van der Waals surface area (Å²) in [6.07, 6.45) is 0. The predicted octanol–water partition coefficient (Wildman–Crippen LogP) is 0.708. The first-order chi connectivity index (χ1) is 9.03. The molecule has 0 amide bonds. The van der Waals surface area contributed by atoms with E-state index in [1.54, 1.807) is 0 Å². The molecule has 2 aliphatic rings. The Hall–Kier alpha value is -1.13. The number of nitrogens with zero attached hydrogens (tertiary/aromatic N) is 1. The van der Waals surface area contributed by atoms with Crippen molar-refractivity contribution in [2.75, 3.05) is 13.1 Å². The Labute approximate surface area is 116 Å². The van der Waals surface area contributed by atoms with Gasteiger partial charge in [-0.1, -0.05) is 11.6 Å². The molecule has 1 aromatic rings. The predicted molar refractivity (Wildman–Crippen MR) is 70.1 cm³/mol. The number of benzene rings is 1. The lowest BCUT2D eigenvalue weighted by Crippen LogP contribution is -2.32. The molecule has 0 spiro atoms. The van der Waals surface area contributed by atoms with Gasteiger partial charge in [0, 0.05) is 6.04 Å². The first kappa shape index (κ1) is 12.9. The third-order valence-electron chi connectivity index (χ3n) is 3.73. The molecule has 2 unspecified atom stereocenters. The van der Waals surface area contributed by atoms with Crippen molar-refractivity contribution in [1.82, 2.24) is 10.0 Å². The van der Waals surface area contributed by atoms with Gasteiger partial charge in [-0.25, -0.2) is 13.1 Å². The van der Waals surface area contributed by atoms with E-state index < -0.39 is 10.0 Å². The summed E-state index contributed by atoms with van der Waals surface area (Å²) in [5.41, 5.74) is 0.344. The minimum absolute atomic E-state index is 0.0120. The second-order valence-electron chi connectivity index (χ2n) is 4.89. The van der Waals surface area contributed by atoms with Crippen molar-refractivity contribution in [2.45, 2.75) is 10.9 Å². The van der Waals surface area contributed by atoms with Crippen molar-refractivity contribution in [3.8, 4) is 6.07 Å². The normalized spacial score (nSPS) is 28.7. The Morgan fingerprint density at radius 1 is 1.37 bits per heavy atom. The van der Waals surface area contributed by atoms with E-state index in [1.165, 1.54) is 18.2 Å². The lowest BCUT2D eigenvalue weighted by atomic mass is 10.2. The average Bonchev–Trinajstić information content (AvgIpc) is 2.81. The molecule has 3 rings (SSSR count). The molecule has 1 aromatic carbocycles. The molecule has 100 valence electrons. The number of piperidine rings is 1. The van der Waals surface area contributed by atoms with Crippen LogP contribution in [-0.4, -0.2) is 27.5 Å². The van der Waals surface area contributed by atoms with Crippen molar-refractivity contribution in [3.63, 3.8) is 0 Å². The Morgan fingerprint density at radius 2 is 2.05 bits per heavy atom. The Bertz CT molecular complexity index is 658. The van der Waals surface area contributed by atoms with Gasteiger partial charge < -0.3 is 5.32 Å². The highest BCUT2D eigenvalue weighted by Crippen LogP contribution is 2.42. The molecule has 1 aliphatic heterocycles. The first-order valence-corrected chi connectivity index (χ1v) is 7.82. The maximum atomic E-state index is 12.2. The number of nitriles is 1. The molecule has 0 bridgehead atoms. The summed E-state index contributed by atoms with van der Waals surface area (Å²) < 4.78 is 27.2. The van der Waals surface area contributed by atoms with Crippen LogP contribution in [0.4, 0.5) is 0 Å². The van der Waals surface area contributed by atoms with Crippen LogP contribution in [0.1, 0.15) is 5.56 Å². The highest BCUT2D eigenvalue weighted by atomic mass is 35.5. The van der Waals surface area contributed by atoms with Gasteiger partial charge in [0.25, 0.3) is 0 Å². The number of fused-ring (bicyclic) bond motifs is 1. The quantitative estimate of drug-likeness (QED) is 0.861. The van der Waals surface area contributed by atoms with E-state index in [-0.39, 0.29) is 16.0 Å². The summed E-state index contributed by atoms with van der Waals surface area (Å²) in [6, 6.07) is 6.13. The third-order valence-corrected chi connectivity index (χ3v) is 5.68. The van der Waals surface area contributed by atoms with Crippen LogP contribution in [0.15, 0.2) is 23.1 Å². The number of sulfonamides is 1. The zero-order valence-corrected chi connectivity index (χ0v) is 11.5. The minimum Gasteiger partial charge on any atom is -0.316 e. The van der Waals surface area contributed by atoms with E-state index in [9.17, 15) is 8.42 Å². The third kappa shape index (κ3) is 2.23. The number of halogens is 1. The zero-order chi connectivity index (χ0) is 13.6. The van der Waals surface area contributed by atoms with Gasteiger partial charge in [0.05, 0.1) is 16.7 Å². The van der Waals surface area contributed by atoms with Crippen molar-refractivity contribution < 1.29 is 8.42 Å². The minimum atomic E-state index is -3.61. The lowest BCUT2D eigenvalue weighted by Gasteiger charge is -2.10. The van der Waals surface area contributed by atoms with Gasteiger partial charge in [0.1, 0.15) is 4.90 Å². The van der Waals surface area contributed by atoms with Crippen LogP contribution in [0, 0.1) is 23.2 Å². The van der Waals surface area contributed by atoms with Crippen LogP contribution < -0.4 is 10.0 Å². The summed E-state index contributed by atoms with van der Waals surface area (Å²) in [5, 5.41) is 12.0. The molecule has 2 fully saturated rings. The topological polar surface area (TPSA) is 82.0 Å². The zero-order valence-electron chi connectivity index (χ0n) is 9.93. The number of rotatable bonds is 3. The standard InChI is InChI=1S/C12H12ClN3O2S/c13-10-3-7(4-14)1-2-11(10)19(17,18)16-12-8-5-15-6-9(8)12/h1-3,8-9,12,15-16H,5-6H2. The highest BCUT2D eigenvalue weighted by Gasteiger charge is 2.54. The fourth-order valence-electron chi connectivity index (χ4n) is 2.62. The molecule has 19 heavy (non-hydrogen) atoms. The van der Waals surface area contributed by atoms with Crippen LogP contribution in [0.2, 0.25) is 5.02 Å². The Kier molecular flexibility index (Phi) is 3.02. The fraction of sp³-hybridized carbons (Fsp3) is 0.417. The smallest absolute Gasteiger partial charge is 0.242 e. The van der Waals surface area contributed by atoms with Gasteiger partial charge in [0.15, 0.2) is 0 Å². The summed E-state index contributed by atoms with van der Waals surface area (Å²) in [7, 11) is -3.61. The molecule has 1 saturated carbocycles. The maximum Gasteiger partial charge on any atom is 0.242 e. The monoisotopic (exact) mass is 297 g/mol. The van der Waals surface area contributed by atoms with E-state index in [2.05, 4.69) is 10.0 Å². The number of hydrogen-bond acceptors (Lipinski definition) is 4. The molecule has 7 heteroatoms. The Balaban J connectivity index is 1.83. The molecular weight excluding hydrogens is 286 g/mol. The average molecular weight is 298 g/mol. The van der Waals surface area contributed by atoms with Gasteiger partial charge in [0.2, 0.25) is 10.0 Å². The van der Waals surface area contributed by atoms with Crippen molar-refractivity contribution in [3.05, 3.63) is 28.8 Å². The molecule has 2 N–H and O–H groups in total. The van der Waals surface area contributed by atoms with Gasteiger partial charge in [-0.05, 0) is 43.1 Å². The van der Waals surface area contributed by atoms with Crippen LogP contribution >= 0.6 is 11.6 Å². The molecule has 1 heterocycles. The largest absolute Gasteiger partial charge is 0.316 e. The van der Waals surface area contributed by atoms with Crippen LogP contribution in [0.25, 0.3) is 0 Å². The van der Waals surface area contributed by atoms with E-state index in [0.717, 1.165) is 13.1 Å². The van der Waals surface area contributed by atoms with Crippen molar-refractivity contribution >= 4 is 21.6 Å². The summed E-state index contributed by atoms with van der Waals surface area (Å²) in [6.45, 7) is 1.72. The second kappa shape index (κ2) is 4.46. The van der Waals surface area contributed by atoms with Crippen LogP contribution in [0.3, 0.4) is 0 Å². The van der Waals surface area contributed by atoms with Gasteiger partial charge in [-0.2, -0.15) is 5.26 Å². The van der Waals surface area contributed by atoms with E-state index >= 15 is 0 Å². The van der Waals surface area contributed by atoms with E-state index in [4.69, 9.17) is 16.9 Å². The fourth-order valence-corrected chi connectivity index (χ4v) is 4.51. The van der Waals surface area contributed by atoms with Gasteiger partial charge in [-0.15, -0.1) is 0 Å². The molecule has 1 aliphatic carbocycles. The molecule has 5 nitrogen and oxygen atoms in total. The highest BCUT2D eigenvalue weighted by molar-refractivity contribution is 7.89. The van der Waals surface area contributed by atoms with E-state index in [0.29, 0.717) is 17.4 Å². The number of hydrogen-bond donors (Lipinski definition) is 2. The van der Waals surface area contributed by atoms with Crippen LogP contribution in [0.5, 0.6) is 0 Å². The Morgan fingerprint density at radius 3 is 2.63 bits per heavy atom. The lowest BCUT2D eigenvalue weighted by molar-refractivity contribution is 0.565. The maximum absolute atomic E-state index is 12.2. The second-order valence-corrected chi connectivity index (χ2v) is 6.98. The molecule has 1 saturated heterocycles. The summed E-state index contributed by atoms with van der Waals surface area (Å²) in [5.74, 6) is 0.791. The number of nitrogens with one attached hydrogen (secondary N) is 2. The molecule has 0 aromatic heterocycles. The summed E-state index contributed by atoms with van der Waals surface area (Å²) in [4.78, 5) is 0.0334. The molecular formula is C12H12ClN3O2S. The van der Waals surface area contributed by atoms with Crippen molar-refractivity contribution in [2.24, 2.45) is 11.8 Å². The van der Waals surface area contributed by atoms with E-state index in [1.807, 2.05) is 6.07 Å². The summed E-state index contributed by atoms with van der Waals surface area (Å²) >= 11 is 5.93. The van der Waals surface area contributed by atoms with Gasteiger partial charge >= 0.3 is 0 Å². The molecule has 2 atom stereocenters. The SMILES string of the molecule is N#Cc1ccc(S(=O)(=O)NC2C3CNCC32)c(Cl)c1. The van der Waals surface area contributed by atoms with Crippen LogP contribution in [-0.2, 0) is 10.0 Å². The van der Waals surface area contributed by atoms with Crippen molar-refractivity contribution in [1.29, 1.82) is 5.26 Å².